The molecule has 1 aliphatic heterocycles. The molecule has 30 heavy (non-hydrogen) atoms. The lowest BCUT2D eigenvalue weighted by Crippen LogP contribution is -2.55. The largest absolute Gasteiger partial charge is 0.356 e. The van der Waals surface area contributed by atoms with E-state index in [0.29, 0.717) is 19.6 Å². The highest BCUT2D eigenvalue weighted by atomic mass is 127. The number of halogens is 1. The first kappa shape index (κ1) is 22.1. The first-order valence-electron chi connectivity index (χ1n) is 9.94. The van der Waals surface area contributed by atoms with E-state index in [1.165, 1.54) is 16.3 Å². The fourth-order valence-electron chi connectivity index (χ4n) is 3.69. The third-order valence-electron chi connectivity index (χ3n) is 5.14. The van der Waals surface area contributed by atoms with Crippen molar-refractivity contribution in [2.45, 2.75) is 13.5 Å². The number of nitrogens with zero attached hydrogens (tertiary/aromatic N) is 5. The van der Waals surface area contributed by atoms with Crippen molar-refractivity contribution in [1.29, 1.82) is 0 Å². The third-order valence-corrected chi connectivity index (χ3v) is 5.14. The minimum atomic E-state index is 0. The lowest BCUT2D eigenvalue weighted by molar-refractivity contribution is -0.120. The normalized spacial score (nSPS) is 14.7. The van der Waals surface area contributed by atoms with Crippen molar-refractivity contribution in [3.63, 3.8) is 0 Å². The van der Waals surface area contributed by atoms with Gasteiger partial charge < -0.3 is 15.1 Å². The molecule has 1 aromatic heterocycles. The number of aromatic nitrogens is 2. The van der Waals surface area contributed by atoms with Crippen molar-refractivity contribution in [3.8, 4) is 0 Å². The van der Waals surface area contributed by atoms with Crippen LogP contribution in [0.3, 0.4) is 0 Å². The van der Waals surface area contributed by atoms with Crippen molar-refractivity contribution in [3.05, 3.63) is 60.4 Å². The Morgan fingerprint density at radius 3 is 2.70 bits per heavy atom. The Hall–Kier alpha value is -2.62. The van der Waals surface area contributed by atoms with Crippen LogP contribution in [0.2, 0.25) is 0 Å². The molecule has 0 spiro atoms. The maximum atomic E-state index is 12.7. The average molecular weight is 518 g/mol. The van der Waals surface area contributed by atoms with E-state index < -0.39 is 0 Å². The van der Waals surface area contributed by atoms with Crippen molar-refractivity contribution in [1.82, 2.24) is 20.0 Å². The van der Waals surface area contributed by atoms with Gasteiger partial charge in [-0.15, -0.1) is 24.0 Å². The van der Waals surface area contributed by atoms with E-state index in [9.17, 15) is 4.79 Å². The van der Waals surface area contributed by atoms with Gasteiger partial charge in [-0.3, -0.25) is 9.48 Å². The summed E-state index contributed by atoms with van der Waals surface area (Å²) < 4.78 is 1.71. The smallest absolute Gasteiger partial charge is 0.246 e. The van der Waals surface area contributed by atoms with Gasteiger partial charge in [0.05, 0.1) is 18.4 Å². The van der Waals surface area contributed by atoms with Crippen LogP contribution in [0.15, 0.2) is 59.9 Å². The number of aliphatic imine (C=N–C) groups is 1. The van der Waals surface area contributed by atoms with Gasteiger partial charge in [-0.2, -0.15) is 5.10 Å². The van der Waals surface area contributed by atoms with E-state index >= 15 is 0 Å². The number of carbonyl (C=O) groups is 1. The summed E-state index contributed by atoms with van der Waals surface area (Å²) in [6.45, 7) is 5.01. The number of benzene rings is 2. The van der Waals surface area contributed by atoms with E-state index in [2.05, 4.69) is 46.8 Å². The maximum Gasteiger partial charge on any atom is 0.246 e. The number of fused-ring (bicyclic) bond motifs is 1. The van der Waals surface area contributed by atoms with Gasteiger partial charge >= 0.3 is 0 Å². The van der Waals surface area contributed by atoms with Gasteiger partial charge in [0.15, 0.2) is 5.96 Å². The average Bonchev–Trinajstić information content (AvgIpc) is 3.17. The van der Waals surface area contributed by atoms with Crippen LogP contribution in [-0.4, -0.2) is 52.7 Å². The van der Waals surface area contributed by atoms with Crippen LogP contribution in [0.25, 0.3) is 10.8 Å². The van der Waals surface area contributed by atoms with Crippen molar-refractivity contribution >= 4 is 52.3 Å². The molecule has 2 heterocycles. The Bertz CT molecular complexity index is 1040. The van der Waals surface area contributed by atoms with E-state index in [0.717, 1.165) is 24.7 Å². The molecule has 0 atom stereocenters. The molecule has 8 heteroatoms. The molecule has 0 radical (unpaired) electrons. The van der Waals surface area contributed by atoms with Crippen molar-refractivity contribution in [2.24, 2.45) is 12.0 Å². The summed E-state index contributed by atoms with van der Waals surface area (Å²) in [5.41, 5.74) is 2.02. The van der Waals surface area contributed by atoms with Crippen LogP contribution in [0.5, 0.6) is 0 Å². The van der Waals surface area contributed by atoms with Crippen LogP contribution in [0.4, 0.5) is 5.69 Å². The molecule has 0 aliphatic carbocycles. The number of piperazine rings is 1. The third kappa shape index (κ3) is 4.75. The number of hydrogen-bond donors (Lipinski definition) is 1. The molecule has 158 valence electrons. The van der Waals surface area contributed by atoms with Gasteiger partial charge in [0, 0.05) is 32.9 Å². The van der Waals surface area contributed by atoms with Crippen molar-refractivity contribution in [2.75, 3.05) is 31.1 Å². The molecule has 1 aliphatic rings. The number of guanidine groups is 1. The summed E-state index contributed by atoms with van der Waals surface area (Å²) in [5.74, 6) is 0.833. The van der Waals surface area contributed by atoms with Crippen LogP contribution in [0, 0.1) is 0 Å². The molecule has 0 unspecified atom stereocenters. The first-order chi connectivity index (χ1) is 14.2. The zero-order chi connectivity index (χ0) is 20.2. The topological polar surface area (TPSA) is 65.8 Å². The summed E-state index contributed by atoms with van der Waals surface area (Å²) in [6, 6.07) is 14.6. The molecule has 0 bridgehead atoms. The fraction of sp³-hybridized carbons (Fsp3) is 0.318. The predicted octanol–water partition coefficient (Wildman–Crippen LogP) is 3.01. The summed E-state index contributed by atoms with van der Waals surface area (Å²) in [4.78, 5) is 21.4. The minimum Gasteiger partial charge on any atom is -0.356 e. The molecule has 4 rings (SSSR count). The fourth-order valence-corrected chi connectivity index (χ4v) is 3.69. The van der Waals surface area contributed by atoms with Crippen LogP contribution >= 0.6 is 24.0 Å². The molecule has 7 nitrogen and oxygen atoms in total. The quantitative estimate of drug-likeness (QED) is 0.328. The van der Waals surface area contributed by atoms with Crippen LogP contribution < -0.4 is 10.2 Å². The number of amides is 1. The standard InChI is InChI=1S/C22H26N6O.HI/c1-3-23-22(24-13-18-9-6-8-17-7-4-5-10-20(17)18)27-11-12-28(21(29)16-27)19-14-25-26(2)15-19;/h4-10,14-15H,3,11-13,16H2,1-2H3,(H,23,24);1H. The summed E-state index contributed by atoms with van der Waals surface area (Å²) in [6.07, 6.45) is 3.60. The van der Waals surface area contributed by atoms with Gasteiger partial charge in [-0.25, -0.2) is 4.99 Å². The molecule has 0 saturated carbocycles. The molecule has 1 saturated heterocycles. The Morgan fingerprint density at radius 2 is 1.97 bits per heavy atom. The Labute approximate surface area is 193 Å². The Kier molecular flexibility index (Phi) is 7.30. The van der Waals surface area contributed by atoms with Gasteiger partial charge in [0.2, 0.25) is 5.91 Å². The lowest BCUT2D eigenvalue weighted by atomic mass is 10.1. The van der Waals surface area contributed by atoms with E-state index in [1.54, 1.807) is 15.8 Å². The van der Waals surface area contributed by atoms with Gasteiger partial charge in [-0.05, 0) is 23.3 Å². The molecule has 1 N–H and O–H groups in total. The zero-order valence-corrected chi connectivity index (χ0v) is 19.6. The van der Waals surface area contributed by atoms with Crippen molar-refractivity contribution < 1.29 is 4.79 Å². The van der Waals surface area contributed by atoms with Gasteiger partial charge in [0.25, 0.3) is 0 Å². The molecule has 1 fully saturated rings. The Balaban J connectivity index is 0.00000256. The van der Waals surface area contributed by atoms with Gasteiger partial charge in [0.1, 0.15) is 6.54 Å². The van der Waals surface area contributed by atoms with Crippen LogP contribution in [0.1, 0.15) is 12.5 Å². The predicted molar refractivity (Wildman–Crippen MR) is 131 cm³/mol. The highest BCUT2D eigenvalue weighted by Crippen LogP contribution is 2.20. The van der Waals surface area contributed by atoms with E-state index in [-0.39, 0.29) is 29.9 Å². The maximum absolute atomic E-state index is 12.7. The number of hydrogen-bond acceptors (Lipinski definition) is 3. The highest BCUT2D eigenvalue weighted by Gasteiger charge is 2.27. The molecule has 1 amide bonds. The zero-order valence-electron chi connectivity index (χ0n) is 17.3. The number of nitrogens with one attached hydrogen (secondary N) is 1. The Morgan fingerprint density at radius 1 is 1.17 bits per heavy atom. The summed E-state index contributed by atoms with van der Waals surface area (Å²) >= 11 is 0. The second-order valence-corrected chi connectivity index (χ2v) is 7.15. The second kappa shape index (κ2) is 9.92. The van der Waals surface area contributed by atoms with Crippen LogP contribution in [-0.2, 0) is 18.4 Å². The number of carbonyl (C=O) groups excluding carboxylic acids is 1. The monoisotopic (exact) mass is 518 g/mol. The molecule has 3 aromatic rings. The first-order valence-corrected chi connectivity index (χ1v) is 9.94. The molecule has 2 aromatic carbocycles. The van der Waals surface area contributed by atoms with Gasteiger partial charge in [-0.1, -0.05) is 42.5 Å². The SMILES string of the molecule is CCNC(=NCc1cccc2ccccc12)N1CCN(c2cnn(C)c2)C(=O)C1.I. The molecular formula is C22H27IN6O. The lowest BCUT2D eigenvalue weighted by Gasteiger charge is -2.35. The number of rotatable bonds is 4. The minimum absolute atomic E-state index is 0. The second-order valence-electron chi connectivity index (χ2n) is 7.15. The summed E-state index contributed by atoms with van der Waals surface area (Å²) in [7, 11) is 1.85. The van der Waals surface area contributed by atoms with E-state index in [1.807, 2.05) is 31.1 Å². The number of anilines is 1. The molecular weight excluding hydrogens is 491 g/mol. The highest BCUT2D eigenvalue weighted by molar-refractivity contribution is 14.0. The summed E-state index contributed by atoms with van der Waals surface area (Å²) in [5, 5.41) is 9.94. The number of aryl methyl sites for hydroxylation is 1. The van der Waals surface area contributed by atoms with E-state index in [4.69, 9.17) is 4.99 Å².